The Hall–Kier alpha value is -2.47. The maximum absolute atomic E-state index is 13.8. The van der Waals surface area contributed by atoms with Crippen molar-refractivity contribution in [2.45, 2.75) is 11.7 Å². The van der Waals surface area contributed by atoms with Crippen molar-refractivity contribution >= 4 is 46.0 Å². The predicted octanol–water partition coefficient (Wildman–Crippen LogP) is 6.36. The molecular formula is C24H18Cl2N2O2S. The standard InChI is InChI=1S/C24H18Cl2N2O2S/c25-18-10-9-15(13-19(18)26)14-31-24-27-11-12-28(24)23(29)22-16-5-1-3-7-20(16)30-21-8-4-2-6-17(21)22/h1-10,13,22H,11-12,14H2. The van der Waals surface area contributed by atoms with Gasteiger partial charge in [0.15, 0.2) is 5.17 Å². The molecule has 1 amide bonds. The minimum atomic E-state index is -0.421. The predicted molar refractivity (Wildman–Crippen MR) is 127 cm³/mol. The second-order valence-electron chi connectivity index (χ2n) is 7.30. The highest BCUT2D eigenvalue weighted by Crippen LogP contribution is 2.45. The fraction of sp³-hybridized carbons (Fsp3) is 0.167. The lowest BCUT2D eigenvalue weighted by atomic mass is 9.87. The molecule has 156 valence electrons. The number of hydrogen-bond donors (Lipinski definition) is 0. The van der Waals surface area contributed by atoms with Gasteiger partial charge >= 0.3 is 0 Å². The summed E-state index contributed by atoms with van der Waals surface area (Å²) < 4.78 is 6.04. The van der Waals surface area contributed by atoms with Crippen LogP contribution < -0.4 is 4.74 Å². The normalized spacial score (nSPS) is 15.2. The van der Waals surface area contributed by atoms with E-state index in [0.29, 0.717) is 28.9 Å². The molecule has 7 heteroatoms. The molecule has 0 bridgehead atoms. The molecule has 2 aliphatic heterocycles. The van der Waals surface area contributed by atoms with Gasteiger partial charge < -0.3 is 4.74 Å². The van der Waals surface area contributed by atoms with E-state index < -0.39 is 5.92 Å². The van der Waals surface area contributed by atoms with E-state index in [1.165, 1.54) is 11.8 Å². The van der Waals surface area contributed by atoms with Gasteiger partial charge in [0.2, 0.25) is 5.91 Å². The molecule has 0 unspecified atom stereocenters. The van der Waals surface area contributed by atoms with Crippen molar-refractivity contribution in [3.63, 3.8) is 0 Å². The molecule has 3 aromatic carbocycles. The number of fused-ring (bicyclic) bond motifs is 2. The van der Waals surface area contributed by atoms with Gasteiger partial charge in [-0.15, -0.1) is 0 Å². The van der Waals surface area contributed by atoms with Crippen LogP contribution in [0.15, 0.2) is 71.7 Å². The van der Waals surface area contributed by atoms with Crippen molar-refractivity contribution in [3.05, 3.63) is 93.5 Å². The van der Waals surface area contributed by atoms with Gasteiger partial charge in [-0.05, 0) is 29.8 Å². The minimum Gasteiger partial charge on any atom is -0.457 e. The van der Waals surface area contributed by atoms with Crippen molar-refractivity contribution < 1.29 is 9.53 Å². The molecule has 31 heavy (non-hydrogen) atoms. The Morgan fingerprint density at radius 2 is 1.68 bits per heavy atom. The maximum Gasteiger partial charge on any atom is 0.240 e. The van der Waals surface area contributed by atoms with E-state index in [4.69, 9.17) is 27.9 Å². The molecule has 3 aromatic rings. The molecule has 0 fully saturated rings. The first-order valence-electron chi connectivity index (χ1n) is 9.90. The number of ether oxygens (including phenoxy) is 1. The lowest BCUT2D eigenvalue weighted by molar-refractivity contribution is -0.127. The Labute approximate surface area is 194 Å². The average molecular weight is 469 g/mol. The molecule has 0 saturated carbocycles. The third-order valence-electron chi connectivity index (χ3n) is 5.35. The first-order valence-corrected chi connectivity index (χ1v) is 11.6. The number of benzene rings is 3. The van der Waals surface area contributed by atoms with Gasteiger partial charge in [-0.25, -0.2) is 0 Å². The Balaban J connectivity index is 1.41. The van der Waals surface area contributed by atoms with Crippen molar-refractivity contribution in [2.24, 2.45) is 4.99 Å². The van der Waals surface area contributed by atoms with Crippen molar-refractivity contribution in [1.29, 1.82) is 0 Å². The van der Waals surface area contributed by atoms with Gasteiger partial charge in [-0.1, -0.05) is 77.4 Å². The van der Waals surface area contributed by atoms with Crippen LogP contribution in [0.5, 0.6) is 11.5 Å². The summed E-state index contributed by atoms with van der Waals surface area (Å²) in [4.78, 5) is 20.2. The fourth-order valence-corrected chi connectivity index (χ4v) is 5.18. The summed E-state index contributed by atoms with van der Waals surface area (Å²) in [6, 6.07) is 21.0. The van der Waals surface area contributed by atoms with E-state index >= 15 is 0 Å². The van der Waals surface area contributed by atoms with Crippen LogP contribution in [0, 0.1) is 0 Å². The zero-order valence-electron chi connectivity index (χ0n) is 16.4. The van der Waals surface area contributed by atoms with Gasteiger partial charge in [0, 0.05) is 23.4 Å². The number of para-hydroxylation sites is 2. The molecule has 0 aromatic heterocycles. The van der Waals surface area contributed by atoms with Crippen molar-refractivity contribution in [1.82, 2.24) is 4.90 Å². The van der Waals surface area contributed by atoms with Crippen LogP contribution >= 0.6 is 35.0 Å². The first-order chi connectivity index (χ1) is 15.1. The van der Waals surface area contributed by atoms with Crippen molar-refractivity contribution in [3.8, 4) is 11.5 Å². The smallest absolute Gasteiger partial charge is 0.240 e. The molecule has 0 atom stereocenters. The molecule has 4 nitrogen and oxygen atoms in total. The Kier molecular flexibility index (Phi) is 5.65. The molecule has 0 spiro atoms. The monoisotopic (exact) mass is 468 g/mol. The zero-order chi connectivity index (χ0) is 21.4. The number of rotatable bonds is 3. The zero-order valence-corrected chi connectivity index (χ0v) is 18.8. The number of amides is 1. The number of amidine groups is 1. The van der Waals surface area contributed by atoms with Gasteiger partial charge in [0.05, 0.1) is 22.5 Å². The van der Waals surface area contributed by atoms with Crippen LogP contribution in [0.3, 0.4) is 0 Å². The van der Waals surface area contributed by atoms with Crippen LogP contribution in [-0.2, 0) is 10.5 Å². The third-order valence-corrected chi connectivity index (χ3v) is 7.17. The molecule has 5 rings (SSSR count). The van der Waals surface area contributed by atoms with E-state index in [0.717, 1.165) is 33.4 Å². The van der Waals surface area contributed by atoms with E-state index in [2.05, 4.69) is 4.99 Å². The fourth-order valence-electron chi connectivity index (χ4n) is 3.86. The Bertz CT molecular complexity index is 1150. The highest BCUT2D eigenvalue weighted by molar-refractivity contribution is 8.13. The van der Waals surface area contributed by atoms with E-state index in [9.17, 15) is 4.79 Å². The second kappa shape index (κ2) is 8.58. The van der Waals surface area contributed by atoms with Crippen LogP contribution in [0.1, 0.15) is 22.6 Å². The number of thioether (sulfide) groups is 1. The number of aliphatic imine (C=N–C) groups is 1. The number of carbonyl (C=O) groups excluding carboxylic acids is 1. The molecule has 0 N–H and O–H groups in total. The van der Waals surface area contributed by atoms with Crippen LogP contribution in [-0.4, -0.2) is 29.1 Å². The van der Waals surface area contributed by atoms with Crippen LogP contribution in [0.2, 0.25) is 10.0 Å². The summed E-state index contributed by atoms with van der Waals surface area (Å²) >= 11 is 13.7. The minimum absolute atomic E-state index is 0.0149. The van der Waals surface area contributed by atoms with E-state index in [1.54, 1.807) is 11.0 Å². The topological polar surface area (TPSA) is 41.9 Å². The van der Waals surface area contributed by atoms with Gasteiger partial charge in [-0.3, -0.25) is 14.7 Å². The van der Waals surface area contributed by atoms with Gasteiger partial charge in [-0.2, -0.15) is 0 Å². The molecule has 2 heterocycles. The molecular weight excluding hydrogens is 451 g/mol. The largest absolute Gasteiger partial charge is 0.457 e. The lowest BCUT2D eigenvalue weighted by Gasteiger charge is -2.30. The third kappa shape index (κ3) is 3.93. The van der Waals surface area contributed by atoms with Crippen LogP contribution in [0.4, 0.5) is 0 Å². The Morgan fingerprint density at radius 3 is 2.35 bits per heavy atom. The summed E-state index contributed by atoms with van der Waals surface area (Å²) in [7, 11) is 0. The first kappa shape index (κ1) is 20.4. The summed E-state index contributed by atoms with van der Waals surface area (Å²) in [5, 5.41) is 1.79. The number of nitrogens with zero attached hydrogens (tertiary/aromatic N) is 2. The summed E-state index contributed by atoms with van der Waals surface area (Å²) in [6.45, 7) is 1.17. The Morgan fingerprint density at radius 1 is 1.00 bits per heavy atom. The second-order valence-corrected chi connectivity index (χ2v) is 9.06. The number of halogens is 2. The van der Waals surface area contributed by atoms with Gasteiger partial charge in [0.1, 0.15) is 11.5 Å². The van der Waals surface area contributed by atoms with E-state index in [-0.39, 0.29) is 5.91 Å². The average Bonchev–Trinajstić information content (AvgIpc) is 3.26. The number of hydrogen-bond acceptors (Lipinski definition) is 4. The number of carbonyl (C=O) groups is 1. The summed E-state index contributed by atoms with van der Waals surface area (Å²) in [5.41, 5.74) is 2.79. The van der Waals surface area contributed by atoms with Crippen LogP contribution in [0.25, 0.3) is 0 Å². The lowest BCUT2D eigenvalue weighted by Crippen LogP contribution is -2.38. The van der Waals surface area contributed by atoms with E-state index in [1.807, 2.05) is 60.7 Å². The quantitative estimate of drug-likeness (QED) is 0.448. The van der Waals surface area contributed by atoms with Crippen molar-refractivity contribution in [2.75, 3.05) is 13.1 Å². The molecule has 0 saturated heterocycles. The molecule has 0 radical (unpaired) electrons. The SMILES string of the molecule is O=C(C1c2ccccc2Oc2ccccc21)N1CCN=C1SCc1ccc(Cl)c(Cl)c1. The maximum atomic E-state index is 13.8. The molecule has 2 aliphatic rings. The van der Waals surface area contributed by atoms with Gasteiger partial charge in [0.25, 0.3) is 0 Å². The summed E-state index contributed by atoms with van der Waals surface area (Å²) in [5.74, 6) is 1.69. The highest BCUT2D eigenvalue weighted by atomic mass is 35.5. The molecule has 0 aliphatic carbocycles. The highest BCUT2D eigenvalue weighted by Gasteiger charge is 2.37. The summed E-state index contributed by atoms with van der Waals surface area (Å²) in [6.07, 6.45) is 0.